The summed E-state index contributed by atoms with van der Waals surface area (Å²) in [5.74, 6) is -0.588. The van der Waals surface area contributed by atoms with Gasteiger partial charge in [-0.2, -0.15) is 0 Å². The van der Waals surface area contributed by atoms with Crippen LogP contribution in [-0.2, 0) is 19.1 Å². The maximum atomic E-state index is 11.2. The second-order valence-corrected chi connectivity index (χ2v) is 9.92. The lowest BCUT2D eigenvalue weighted by molar-refractivity contribution is -0.139. The Hall–Kier alpha value is -1.62. The SMILES string of the molecule is C=C(C)C(=O)OCCCCCCCCCCCCCCCCCC.C=C(C)C(=O)OCCCCCO. The zero-order chi connectivity index (χ0) is 27.3. The van der Waals surface area contributed by atoms with Crippen LogP contribution in [0.4, 0.5) is 0 Å². The standard InChI is InChI=1S/C22H42O2.C9H16O3/c1-4-5-6-7-8-9-10-11-12-13-14-15-16-17-18-19-20-24-22(23)21(2)3;1-8(2)9(11)12-7-5-3-4-6-10/h2,4-20H2,1,3H3;10H,1,3-7H2,2H3. The average Bonchev–Trinajstić information content (AvgIpc) is 2.85. The van der Waals surface area contributed by atoms with Crippen LogP contribution in [0.1, 0.15) is 143 Å². The highest BCUT2D eigenvalue weighted by atomic mass is 16.5. The number of carbonyl (C=O) groups excluding carboxylic acids is 2. The normalized spacial score (nSPS) is 10.3. The van der Waals surface area contributed by atoms with E-state index in [-0.39, 0.29) is 18.5 Å². The molecule has 0 unspecified atom stereocenters. The largest absolute Gasteiger partial charge is 0.462 e. The van der Waals surface area contributed by atoms with Crippen LogP contribution in [0, 0.1) is 0 Å². The van der Waals surface area contributed by atoms with Crippen LogP contribution in [0.25, 0.3) is 0 Å². The Kier molecular flexibility index (Phi) is 30.1. The molecule has 0 rings (SSSR count). The third-order valence-corrected chi connectivity index (χ3v) is 5.96. The Labute approximate surface area is 223 Å². The van der Waals surface area contributed by atoms with Crippen molar-refractivity contribution in [2.75, 3.05) is 19.8 Å². The summed E-state index contributed by atoms with van der Waals surface area (Å²) < 4.78 is 9.91. The summed E-state index contributed by atoms with van der Waals surface area (Å²) in [6, 6.07) is 0. The van der Waals surface area contributed by atoms with Gasteiger partial charge in [0.15, 0.2) is 0 Å². The van der Waals surface area contributed by atoms with Crippen LogP contribution in [-0.4, -0.2) is 36.9 Å². The van der Waals surface area contributed by atoms with Crippen LogP contribution < -0.4 is 0 Å². The molecule has 0 bridgehead atoms. The predicted octanol–water partition coefficient (Wildman–Crippen LogP) is 8.64. The average molecular weight is 511 g/mol. The van der Waals surface area contributed by atoms with Crippen molar-refractivity contribution in [3.8, 4) is 0 Å². The van der Waals surface area contributed by atoms with Crippen molar-refractivity contribution < 1.29 is 24.2 Å². The monoisotopic (exact) mass is 510 g/mol. The van der Waals surface area contributed by atoms with E-state index >= 15 is 0 Å². The van der Waals surface area contributed by atoms with Crippen LogP contribution in [0.15, 0.2) is 24.3 Å². The smallest absolute Gasteiger partial charge is 0.333 e. The number of ether oxygens (including phenoxy) is 2. The molecule has 0 aromatic heterocycles. The molecule has 0 spiro atoms. The van der Waals surface area contributed by atoms with Gasteiger partial charge in [0.25, 0.3) is 0 Å². The Morgan fingerprint density at radius 3 is 1.08 bits per heavy atom. The van der Waals surface area contributed by atoms with Gasteiger partial charge < -0.3 is 14.6 Å². The summed E-state index contributed by atoms with van der Waals surface area (Å²) in [5, 5.41) is 8.44. The minimum atomic E-state index is -0.334. The highest BCUT2D eigenvalue weighted by Crippen LogP contribution is 2.13. The van der Waals surface area contributed by atoms with Crippen molar-refractivity contribution >= 4 is 11.9 Å². The number of carbonyl (C=O) groups is 2. The van der Waals surface area contributed by atoms with Crippen molar-refractivity contribution in [3.05, 3.63) is 24.3 Å². The fraction of sp³-hybridized carbons (Fsp3) is 0.806. The maximum Gasteiger partial charge on any atom is 0.333 e. The Morgan fingerprint density at radius 1 is 0.528 bits per heavy atom. The maximum absolute atomic E-state index is 11.2. The number of unbranched alkanes of at least 4 members (excludes halogenated alkanes) is 17. The lowest BCUT2D eigenvalue weighted by Crippen LogP contribution is -2.06. The fourth-order valence-electron chi connectivity index (χ4n) is 3.62. The highest BCUT2D eigenvalue weighted by molar-refractivity contribution is 5.87. The van der Waals surface area contributed by atoms with E-state index in [0.717, 1.165) is 25.7 Å². The molecule has 0 saturated heterocycles. The Bertz CT molecular complexity index is 541. The molecular weight excluding hydrogens is 452 g/mol. The second kappa shape index (κ2) is 29.6. The Morgan fingerprint density at radius 2 is 0.806 bits per heavy atom. The van der Waals surface area contributed by atoms with Crippen LogP contribution in [0.3, 0.4) is 0 Å². The third-order valence-electron chi connectivity index (χ3n) is 5.96. The zero-order valence-corrected chi connectivity index (χ0v) is 24.1. The van der Waals surface area contributed by atoms with Crippen molar-refractivity contribution in [3.63, 3.8) is 0 Å². The van der Waals surface area contributed by atoms with Gasteiger partial charge in [0.2, 0.25) is 0 Å². The molecule has 212 valence electrons. The topological polar surface area (TPSA) is 72.8 Å². The summed E-state index contributed by atoms with van der Waals surface area (Å²) in [4.78, 5) is 22.0. The minimum Gasteiger partial charge on any atom is -0.462 e. The van der Waals surface area contributed by atoms with E-state index in [0.29, 0.717) is 24.4 Å². The first kappa shape index (κ1) is 36.5. The quantitative estimate of drug-likeness (QED) is 0.0799. The molecule has 0 fully saturated rings. The molecule has 0 aromatic carbocycles. The number of aliphatic hydroxyl groups is 1. The zero-order valence-electron chi connectivity index (χ0n) is 24.1. The minimum absolute atomic E-state index is 0.203. The molecule has 0 saturated carbocycles. The van der Waals surface area contributed by atoms with Crippen LogP contribution in [0.2, 0.25) is 0 Å². The van der Waals surface area contributed by atoms with E-state index in [4.69, 9.17) is 14.6 Å². The number of aliphatic hydroxyl groups excluding tert-OH is 1. The third kappa shape index (κ3) is 30.4. The van der Waals surface area contributed by atoms with Gasteiger partial charge in [-0.05, 0) is 39.5 Å². The lowest BCUT2D eigenvalue weighted by atomic mass is 10.0. The lowest BCUT2D eigenvalue weighted by Gasteiger charge is -2.05. The second-order valence-electron chi connectivity index (χ2n) is 9.92. The van der Waals surface area contributed by atoms with Gasteiger partial charge >= 0.3 is 11.9 Å². The molecule has 0 amide bonds. The fourth-order valence-corrected chi connectivity index (χ4v) is 3.62. The predicted molar refractivity (Wildman–Crippen MR) is 152 cm³/mol. The van der Waals surface area contributed by atoms with E-state index in [1.165, 1.54) is 96.3 Å². The molecular formula is C31H58O5. The molecule has 0 aromatic rings. The number of esters is 2. The number of rotatable bonds is 24. The molecule has 0 radical (unpaired) electrons. The van der Waals surface area contributed by atoms with Gasteiger partial charge in [0.05, 0.1) is 13.2 Å². The molecule has 0 aliphatic rings. The molecule has 36 heavy (non-hydrogen) atoms. The summed E-state index contributed by atoms with van der Waals surface area (Å²) >= 11 is 0. The number of hydrogen-bond acceptors (Lipinski definition) is 5. The molecule has 0 atom stereocenters. The molecule has 0 aliphatic carbocycles. The number of hydrogen-bond donors (Lipinski definition) is 1. The molecule has 0 aliphatic heterocycles. The van der Waals surface area contributed by atoms with Gasteiger partial charge in [-0.15, -0.1) is 0 Å². The van der Waals surface area contributed by atoms with Gasteiger partial charge in [-0.25, -0.2) is 9.59 Å². The van der Waals surface area contributed by atoms with Gasteiger partial charge in [0.1, 0.15) is 0 Å². The first-order chi connectivity index (χ1) is 17.4. The Balaban J connectivity index is 0. The van der Waals surface area contributed by atoms with E-state index in [1.807, 2.05) is 0 Å². The summed E-state index contributed by atoms with van der Waals surface area (Å²) in [6.07, 6.45) is 24.2. The van der Waals surface area contributed by atoms with E-state index in [2.05, 4.69) is 20.1 Å². The van der Waals surface area contributed by atoms with E-state index in [1.54, 1.807) is 13.8 Å². The van der Waals surface area contributed by atoms with Crippen molar-refractivity contribution in [1.29, 1.82) is 0 Å². The summed E-state index contributed by atoms with van der Waals surface area (Å²) in [5.41, 5.74) is 0.920. The van der Waals surface area contributed by atoms with E-state index in [9.17, 15) is 9.59 Å². The molecule has 1 N–H and O–H groups in total. The molecule has 5 nitrogen and oxygen atoms in total. The van der Waals surface area contributed by atoms with Gasteiger partial charge in [-0.1, -0.05) is 116 Å². The van der Waals surface area contributed by atoms with Crippen molar-refractivity contribution in [2.24, 2.45) is 0 Å². The first-order valence-electron chi connectivity index (χ1n) is 14.6. The van der Waals surface area contributed by atoms with E-state index < -0.39 is 0 Å². The van der Waals surface area contributed by atoms with Crippen molar-refractivity contribution in [2.45, 2.75) is 143 Å². The summed E-state index contributed by atoms with van der Waals surface area (Å²) in [6.45, 7) is 13.8. The molecule has 0 heterocycles. The van der Waals surface area contributed by atoms with Crippen molar-refractivity contribution in [1.82, 2.24) is 0 Å². The highest BCUT2D eigenvalue weighted by Gasteiger charge is 2.02. The molecule has 5 heteroatoms. The summed E-state index contributed by atoms with van der Waals surface area (Å²) in [7, 11) is 0. The first-order valence-corrected chi connectivity index (χ1v) is 14.6. The van der Waals surface area contributed by atoms with Crippen LogP contribution >= 0.6 is 0 Å². The van der Waals surface area contributed by atoms with Gasteiger partial charge in [0, 0.05) is 17.8 Å². The van der Waals surface area contributed by atoms with Gasteiger partial charge in [-0.3, -0.25) is 0 Å². The van der Waals surface area contributed by atoms with Crippen LogP contribution in [0.5, 0.6) is 0 Å².